The van der Waals surface area contributed by atoms with Crippen LogP contribution in [0, 0.1) is 6.92 Å². The van der Waals surface area contributed by atoms with E-state index < -0.39 is 6.04 Å². The summed E-state index contributed by atoms with van der Waals surface area (Å²) in [6.07, 6.45) is 1.84. The first kappa shape index (κ1) is 12.0. The van der Waals surface area contributed by atoms with Crippen molar-refractivity contribution < 1.29 is 9.59 Å². The molecule has 2 heterocycles. The lowest BCUT2D eigenvalue weighted by Gasteiger charge is -2.13. The summed E-state index contributed by atoms with van der Waals surface area (Å²) in [4.78, 5) is 28.4. The van der Waals surface area contributed by atoms with Gasteiger partial charge in [-0.1, -0.05) is 0 Å². The third-order valence-corrected chi connectivity index (χ3v) is 3.17. The van der Waals surface area contributed by atoms with E-state index in [1.165, 1.54) is 7.05 Å². The van der Waals surface area contributed by atoms with Gasteiger partial charge in [-0.15, -0.1) is 0 Å². The molecule has 6 heteroatoms. The number of aryl methyl sites for hydroxylation is 1. The van der Waals surface area contributed by atoms with Gasteiger partial charge in [-0.25, -0.2) is 4.98 Å². The second kappa shape index (κ2) is 4.44. The first-order valence-electron chi connectivity index (χ1n) is 5.18. The molecule has 2 rings (SSSR count). The van der Waals surface area contributed by atoms with Gasteiger partial charge in [-0.05, 0) is 34.5 Å². The third-order valence-electron chi connectivity index (χ3n) is 2.74. The molecule has 1 unspecified atom stereocenters. The van der Waals surface area contributed by atoms with Crippen LogP contribution >= 0.6 is 15.9 Å². The molecule has 1 aliphatic heterocycles. The number of halogens is 1. The van der Waals surface area contributed by atoms with Crippen LogP contribution in [0.3, 0.4) is 0 Å². The molecular formula is C11H12BrN3O2. The molecule has 0 aromatic carbocycles. The summed E-state index contributed by atoms with van der Waals surface area (Å²) in [5.41, 5.74) is 0.925. The zero-order valence-corrected chi connectivity index (χ0v) is 11.1. The molecule has 5 nitrogen and oxygen atoms in total. The molecule has 17 heavy (non-hydrogen) atoms. The quantitative estimate of drug-likeness (QED) is 0.837. The van der Waals surface area contributed by atoms with Crippen molar-refractivity contribution >= 4 is 33.6 Å². The molecule has 0 bridgehead atoms. The Hall–Kier alpha value is -1.43. The molecule has 2 amide bonds. The van der Waals surface area contributed by atoms with Gasteiger partial charge in [-0.2, -0.15) is 0 Å². The lowest BCUT2D eigenvalue weighted by atomic mass is 10.2. The second-order valence-electron chi connectivity index (χ2n) is 4.01. The summed E-state index contributed by atoms with van der Waals surface area (Å²) in [5, 5.41) is 3.00. The molecule has 1 atom stereocenters. The number of anilines is 1. The Labute approximate surface area is 107 Å². The van der Waals surface area contributed by atoms with Crippen LogP contribution in [-0.2, 0) is 9.59 Å². The van der Waals surface area contributed by atoms with E-state index in [9.17, 15) is 9.59 Å². The van der Waals surface area contributed by atoms with E-state index in [1.54, 1.807) is 6.20 Å². The molecule has 0 aliphatic carbocycles. The zero-order valence-electron chi connectivity index (χ0n) is 9.53. The average Bonchev–Trinajstić information content (AvgIpc) is 2.50. The summed E-state index contributed by atoms with van der Waals surface area (Å²) in [6, 6.07) is 1.40. The first-order chi connectivity index (χ1) is 7.99. The van der Waals surface area contributed by atoms with Gasteiger partial charge in [-0.3, -0.25) is 14.5 Å². The van der Waals surface area contributed by atoms with Gasteiger partial charge < -0.3 is 5.32 Å². The first-order valence-corrected chi connectivity index (χ1v) is 5.97. The number of hydrogen-bond acceptors (Lipinski definition) is 4. The van der Waals surface area contributed by atoms with Gasteiger partial charge in [0, 0.05) is 17.7 Å². The Morgan fingerprint density at radius 1 is 1.53 bits per heavy atom. The molecule has 90 valence electrons. The number of nitrogens with zero attached hydrogens (tertiary/aromatic N) is 2. The van der Waals surface area contributed by atoms with E-state index in [4.69, 9.17) is 0 Å². The largest absolute Gasteiger partial charge is 0.358 e. The Morgan fingerprint density at radius 3 is 2.76 bits per heavy atom. The summed E-state index contributed by atoms with van der Waals surface area (Å²) >= 11 is 3.32. The van der Waals surface area contributed by atoms with Crippen molar-refractivity contribution in [3.05, 3.63) is 22.3 Å². The van der Waals surface area contributed by atoms with Gasteiger partial charge >= 0.3 is 0 Å². The molecule has 1 saturated heterocycles. The fourth-order valence-electron chi connectivity index (χ4n) is 1.72. The molecule has 1 fully saturated rings. The summed E-state index contributed by atoms with van der Waals surface area (Å²) in [6.45, 7) is 1.89. The Balaban J connectivity index is 2.17. The smallest absolute Gasteiger partial charge is 0.251 e. The summed E-state index contributed by atoms with van der Waals surface area (Å²) in [7, 11) is 1.49. The third kappa shape index (κ3) is 2.31. The van der Waals surface area contributed by atoms with Crippen molar-refractivity contribution in [3.8, 4) is 0 Å². The fourth-order valence-corrected chi connectivity index (χ4v) is 2.17. The number of rotatable bonds is 2. The van der Waals surface area contributed by atoms with Crippen LogP contribution in [0.5, 0.6) is 0 Å². The lowest BCUT2D eigenvalue weighted by Crippen LogP contribution is -2.32. The molecule has 0 spiro atoms. The Kier molecular flexibility index (Phi) is 3.15. The van der Waals surface area contributed by atoms with Crippen molar-refractivity contribution in [2.45, 2.75) is 19.4 Å². The van der Waals surface area contributed by atoms with Crippen LogP contribution in [-0.4, -0.2) is 34.8 Å². The highest BCUT2D eigenvalue weighted by Crippen LogP contribution is 2.20. The van der Waals surface area contributed by atoms with Crippen molar-refractivity contribution in [2.24, 2.45) is 0 Å². The maximum Gasteiger partial charge on any atom is 0.251 e. The lowest BCUT2D eigenvalue weighted by molar-refractivity contribution is -0.136. The van der Waals surface area contributed by atoms with E-state index in [2.05, 4.69) is 26.2 Å². The number of pyridine rings is 1. The van der Waals surface area contributed by atoms with Crippen LogP contribution in [0.1, 0.15) is 12.0 Å². The maximum atomic E-state index is 11.7. The molecular weight excluding hydrogens is 286 g/mol. The number of aromatic nitrogens is 1. The minimum Gasteiger partial charge on any atom is -0.358 e. The van der Waals surface area contributed by atoms with E-state index >= 15 is 0 Å². The normalized spacial score (nSPS) is 19.9. The van der Waals surface area contributed by atoms with Crippen LogP contribution in [0.4, 0.5) is 5.82 Å². The minimum absolute atomic E-state index is 0.165. The monoisotopic (exact) mass is 297 g/mol. The van der Waals surface area contributed by atoms with Gasteiger partial charge in [0.05, 0.1) is 6.42 Å². The highest BCUT2D eigenvalue weighted by Gasteiger charge is 2.36. The van der Waals surface area contributed by atoms with Crippen molar-refractivity contribution in [2.75, 3.05) is 12.4 Å². The number of nitrogens with one attached hydrogen (secondary N) is 1. The number of carbonyl (C=O) groups excluding carboxylic acids is 2. The molecule has 1 aliphatic rings. The van der Waals surface area contributed by atoms with E-state index in [0.717, 1.165) is 14.9 Å². The van der Waals surface area contributed by atoms with E-state index in [1.807, 2.05) is 13.0 Å². The number of imide groups is 1. The maximum absolute atomic E-state index is 11.7. The van der Waals surface area contributed by atoms with E-state index in [0.29, 0.717) is 5.82 Å². The van der Waals surface area contributed by atoms with Gasteiger partial charge in [0.1, 0.15) is 11.9 Å². The fraction of sp³-hybridized carbons (Fsp3) is 0.364. The molecule has 0 saturated carbocycles. The molecule has 1 aromatic rings. The molecule has 1 N–H and O–H groups in total. The predicted molar refractivity (Wildman–Crippen MR) is 66.5 cm³/mol. The number of likely N-dealkylation sites (tertiary alicyclic amines) is 1. The predicted octanol–water partition coefficient (Wildman–Crippen LogP) is 1.32. The number of carbonyl (C=O) groups is 2. The number of hydrogen-bond donors (Lipinski definition) is 1. The van der Waals surface area contributed by atoms with Gasteiger partial charge in [0.2, 0.25) is 5.91 Å². The summed E-state index contributed by atoms with van der Waals surface area (Å²) in [5.74, 6) is 0.260. The Morgan fingerprint density at radius 2 is 2.24 bits per heavy atom. The van der Waals surface area contributed by atoms with Gasteiger partial charge in [0.25, 0.3) is 5.91 Å². The topological polar surface area (TPSA) is 62.3 Å². The zero-order chi connectivity index (χ0) is 12.6. The van der Waals surface area contributed by atoms with Crippen molar-refractivity contribution in [1.82, 2.24) is 9.88 Å². The average molecular weight is 298 g/mol. The molecule has 0 radical (unpaired) electrons. The van der Waals surface area contributed by atoms with Gasteiger partial charge in [0.15, 0.2) is 0 Å². The van der Waals surface area contributed by atoms with E-state index in [-0.39, 0.29) is 18.2 Å². The highest BCUT2D eigenvalue weighted by atomic mass is 79.9. The van der Waals surface area contributed by atoms with Crippen LogP contribution in [0.15, 0.2) is 16.7 Å². The van der Waals surface area contributed by atoms with Crippen LogP contribution in [0.2, 0.25) is 0 Å². The summed E-state index contributed by atoms with van der Waals surface area (Å²) < 4.78 is 0.881. The standard InChI is InChI=1S/C11H12BrN3O2/c1-6-3-7(12)5-13-10(6)14-8-4-9(16)15(2)11(8)17/h3,5,8H,4H2,1-2H3,(H,13,14). The van der Waals surface area contributed by atoms with Crippen LogP contribution < -0.4 is 5.32 Å². The van der Waals surface area contributed by atoms with Crippen LogP contribution in [0.25, 0.3) is 0 Å². The molecule has 1 aromatic heterocycles. The number of amides is 2. The second-order valence-corrected chi connectivity index (χ2v) is 4.93. The minimum atomic E-state index is -0.500. The van der Waals surface area contributed by atoms with Crippen molar-refractivity contribution in [1.29, 1.82) is 0 Å². The SMILES string of the molecule is Cc1cc(Br)cnc1NC1CC(=O)N(C)C1=O. The van der Waals surface area contributed by atoms with Crippen molar-refractivity contribution in [3.63, 3.8) is 0 Å². The Bertz CT molecular complexity index is 490. The highest BCUT2D eigenvalue weighted by molar-refractivity contribution is 9.10. The number of likely N-dealkylation sites (N-methyl/N-ethyl adjacent to an activating group) is 1.